The Morgan fingerprint density at radius 2 is 2.36 bits per heavy atom. The standard InChI is InChI=1S/C8H11NO2/c1-2-3-6-5-9-8(11)4-7(6)10/h4-5H,2-3H2,1H3,(H2,9,10,11). The van der Waals surface area contributed by atoms with Gasteiger partial charge in [0.15, 0.2) is 0 Å². The van der Waals surface area contributed by atoms with Gasteiger partial charge in [-0.3, -0.25) is 4.79 Å². The van der Waals surface area contributed by atoms with Crippen molar-refractivity contribution < 1.29 is 5.11 Å². The fourth-order valence-corrected chi connectivity index (χ4v) is 0.960. The van der Waals surface area contributed by atoms with Crippen LogP contribution >= 0.6 is 0 Å². The summed E-state index contributed by atoms with van der Waals surface area (Å²) >= 11 is 0. The summed E-state index contributed by atoms with van der Waals surface area (Å²) in [6.07, 6.45) is 3.31. The first kappa shape index (κ1) is 7.85. The molecule has 1 heterocycles. The fourth-order valence-electron chi connectivity index (χ4n) is 0.960. The molecule has 0 fully saturated rings. The summed E-state index contributed by atoms with van der Waals surface area (Å²) in [7, 11) is 0. The van der Waals surface area contributed by atoms with E-state index in [2.05, 4.69) is 4.98 Å². The van der Waals surface area contributed by atoms with Crippen LogP contribution in [0.25, 0.3) is 0 Å². The predicted molar refractivity (Wildman–Crippen MR) is 42.7 cm³/mol. The van der Waals surface area contributed by atoms with Crippen molar-refractivity contribution in [2.24, 2.45) is 0 Å². The zero-order valence-corrected chi connectivity index (χ0v) is 6.42. The Bertz CT molecular complexity index is 290. The molecule has 60 valence electrons. The van der Waals surface area contributed by atoms with Gasteiger partial charge in [-0.15, -0.1) is 0 Å². The van der Waals surface area contributed by atoms with Crippen LogP contribution in [-0.4, -0.2) is 10.1 Å². The molecule has 1 aromatic rings. The Morgan fingerprint density at radius 3 is 2.91 bits per heavy atom. The second-order valence-electron chi connectivity index (χ2n) is 2.46. The van der Waals surface area contributed by atoms with Gasteiger partial charge in [0.25, 0.3) is 5.56 Å². The van der Waals surface area contributed by atoms with E-state index >= 15 is 0 Å². The van der Waals surface area contributed by atoms with Crippen molar-refractivity contribution in [3.8, 4) is 5.75 Å². The minimum Gasteiger partial charge on any atom is -0.507 e. The summed E-state index contributed by atoms with van der Waals surface area (Å²) in [6, 6.07) is 1.20. The maximum Gasteiger partial charge on any atom is 0.251 e. The van der Waals surface area contributed by atoms with Gasteiger partial charge in [0.05, 0.1) is 0 Å². The quantitative estimate of drug-likeness (QED) is 0.666. The summed E-state index contributed by atoms with van der Waals surface area (Å²) in [5.41, 5.74) is 0.537. The third-order valence-electron chi connectivity index (χ3n) is 1.50. The lowest BCUT2D eigenvalue weighted by Crippen LogP contribution is -2.03. The third-order valence-corrected chi connectivity index (χ3v) is 1.50. The number of H-pyrrole nitrogens is 1. The van der Waals surface area contributed by atoms with Crippen molar-refractivity contribution in [2.75, 3.05) is 0 Å². The van der Waals surface area contributed by atoms with Crippen LogP contribution in [0.4, 0.5) is 0 Å². The van der Waals surface area contributed by atoms with Crippen molar-refractivity contribution in [1.82, 2.24) is 4.98 Å². The molecule has 0 saturated heterocycles. The van der Waals surface area contributed by atoms with Gasteiger partial charge in [0.1, 0.15) is 5.75 Å². The number of hydrogen-bond acceptors (Lipinski definition) is 2. The zero-order chi connectivity index (χ0) is 8.27. The number of aromatic nitrogens is 1. The fraction of sp³-hybridized carbons (Fsp3) is 0.375. The van der Waals surface area contributed by atoms with E-state index in [1.165, 1.54) is 6.07 Å². The molecule has 0 amide bonds. The molecule has 0 aliphatic heterocycles. The molecule has 0 radical (unpaired) electrons. The number of aromatic hydroxyl groups is 1. The van der Waals surface area contributed by atoms with Gasteiger partial charge < -0.3 is 10.1 Å². The van der Waals surface area contributed by atoms with Crippen LogP contribution < -0.4 is 5.56 Å². The minimum atomic E-state index is -0.262. The van der Waals surface area contributed by atoms with Gasteiger partial charge in [-0.05, 0) is 6.42 Å². The van der Waals surface area contributed by atoms with E-state index in [1.807, 2.05) is 6.92 Å². The Hall–Kier alpha value is -1.25. The second kappa shape index (κ2) is 3.23. The summed E-state index contributed by atoms with van der Waals surface area (Å²) in [5, 5.41) is 9.20. The molecule has 0 aliphatic carbocycles. The molecule has 0 aromatic carbocycles. The number of pyridine rings is 1. The average molecular weight is 153 g/mol. The lowest BCUT2D eigenvalue weighted by atomic mass is 10.1. The highest BCUT2D eigenvalue weighted by Crippen LogP contribution is 2.13. The maximum atomic E-state index is 10.6. The summed E-state index contributed by atoms with van der Waals surface area (Å²) in [4.78, 5) is 13.1. The van der Waals surface area contributed by atoms with Gasteiger partial charge >= 0.3 is 0 Å². The highest BCUT2D eigenvalue weighted by Gasteiger charge is 1.98. The monoisotopic (exact) mass is 153 g/mol. The first-order valence-corrected chi connectivity index (χ1v) is 3.64. The van der Waals surface area contributed by atoms with Gasteiger partial charge in [-0.1, -0.05) is 13.3 Å². The second-order valence-corrected chi connectivity index (χ2v) is 2.46. The first-order valence-electron chi connectivity index (χ1n) is 3.64. The average Bonchev–Trinajstić information content (AvgIpc) is 1.95. The van der Waals surface area contributed by atoms with Crippen molar-refractivity contribution in [1.29, 1.82) is 0 Å². The van der Waals surface area contributed by atoms with Crippen molar-refractivity contribution in [3.63, 3.8) is 0 Å². The topological polar surface area (TPSA) is 53.1 Å². The van der Waals surface area contributed by atoms with Crippen molar-refractivity contribution in [2.45, 2.75) is 19.8 Å². The van der Waals surface area contributed by atoms with E-state index in [4.69, 9.17) is 0 Å². The molecule has 0 unspecified atom stereocenters. The van der Waals surface area contributed by atoms with Crippen LogP contribution in [0.1, 0.15) is 18.9 Å². The molecule has 0 atom stereocenters. The predicted octanol–water partition coefficient (Wildman–Crippen LogP) is 1.03. The number of nitrogens with one attached hydrogen (secondary N) is 1. The van der Waals surface area contributed by atoms with Gasteiger partial charge in [0, 0.05) is 17.8 Å². The molecule has 0 spiro atoms. The molecule has 1 rings (SSSR count). The maximum absolute atomic E-state index is 10.6. The van der Waals surface area contributed by atoms with E-state index in [0.29, 0.717) is 0 Å². The van der Waals surface area contributed by atoms with E-state index < -0.39 is 0 Å². The lowest BCUT2D eigenvalue weighted by molar-refractivity contribution is 0.465. The highest BCUT2D eigenvalue weighted by molar-refractivity contribution is 5.28. The van der Waals surface area contributed by atoms with Crippen molar-refractivity contribution in [3.05, 3.63) is 28.2 Å². The SMILES string of the molecule is CCCc1c[nH]c(=O)cc1O. The highest BCUT2D eigenvalue weighted by atomic mass is 16.3. The smallest absolute Gasteiger partial charge is 0.251 e. The Kier molecular flexibility index (Phi) is 2.31. The van der Waals surface area contributed by atoms with Crippen LogP contribution in [0.3, 0.4) is 0 Å². The van der Waals surface area contributed by atoms with Crippen LogP contribution in [-0.2, 0) is 6.42 Å². The number of aromatic amines is 1. The first-order chi connectivity index (χ1) is 5.24. The molecular formula is C8H11NO2. The normalized spacial score (nSPS) is 9.91. The van der Waals surface area contributed by atoms with Gasteiger partial charge in [0.2, 0.25) is 0 Å². The van der Waals surface area contributed by atoms with E-state index in [0.717, 1.165) is 18.4 Å². The molecule has 0 aliphatic rings. The van der Waals surface area contributed by atoms with Gasteiger partial charge in [-0.2, -0.15) is 0 Å². The van der Waals surface area contributed by atoms with Crippen LogP contribution in [0.2, 0.25) is 0 Å². The third kappa shape index (κ3) is 1.83. The van der Waals surface area contributed by atoms with Crippen LogP contribution in [0.5, 0.6) is 5.75 Å². The molecule has 0 saturated carbocycles. The summed E-state index contributed by atoms with van der Waals surface area (Å²) in [5.74, 6) is 0.0931. The number of hydrogen-bond donors (Lipinski definition) is 2. The van der Waals surface area contributed by atoms with Gasteiger partial charge in [-0.25, -0.2) is 0 Å². The largest absolute Gasteiger partial charge is 0.507 e. The molecule has 0 bridgehead atoms. The Morgan fingerprint density at radius 1 is 1.64 bits per heavy atom. The number of aryl methyl sites for hydroxylation is 1. The lowest BCUT2D eigenvalue weighted by Gasteiger charge is -1.99. The minimum absolute atomic E-state index is 0.0931. The van der Waals surface area contributed by atoms with E-state index in [9.17, 15) is 9.90 Å². The Labute approximate surface area is 64.7 Å². The Balaban J connectivity index is 2.99. The molecule has 2 N–H and O–H groups in total. The molecular weight excluding hydrogens is 142 g/mol. The summed E-state index contributed by atoms with van der Waals surface area (Å²) in [6.45, 7) is 2.02. The van der Waals surface area contributed by atoms with Crippen LogP contribution in [0.15, 0.2) is 17.1 Å². The molecule has 1 aromatic heterocycles. The summed E-state index contributed by atoms with van der Waals surface area (Å²) < 4.78 is 0. The molecule has 3 heteroatoms. The number of rotatable bonds is 2. The van der Waals surface area contributed by atoms with Crippen LogP contribution in [0, 0.1) is 0 Å². The molecule has 3 nitrogen and oxygen atoms in total. The van der Waals surface area contributed by atoms with E-state index in [-0.39, 0.29) is 11.3 Å². The van der Waals surface area contributed by atoms with Crippen molar-refractivity contribution >= 4 is 0 Å². The molecule has 11 heavy (non-hydrogen) atoms. The van der Waals surface area contributed by atoms with E-state index in [1.54, 1.807) is 6.20 Å². The zero-order valence-electron chi connectivity index (χ0n) is 6.42.